The van der Waals surface area contributed by atoms with Crippen molar-refractivity contribution in [2.75, 3.05) is 0 Å². The summed E-state index contributed by atoms with van der Waals surface area (Å²) in [6, 6.07) is 6.05. The van der Waals surface area contributed by atoms with Crippen molar-refractivity contribution < 1.29 is 5.48 Å². The van der Waals surface area contributed by atoms with Gasteiger partial charge in [0.2, 0.25) is 0 Å². The van der Waals surface area contributed by atoms with Crippen LogP contribution in [-0.4, -0.2) is 5.48 Å². The summed E-state index contributed by atoms with van der Waals surface area (Å²) in [5.74, 6) is 0. The number of thiophene rings is 1. The molecule has 0 aliphatic heterocycles. The van der Waals surface area contributed by atoms with Crippen LogP contribution in [-0.2, 0) is 5.41 Å². The van der Waals surface area contributed by atoms with Gasteiger partial charge < -0.3 is 5.48 Å². The average molecular weight is 220 g/mol. The lowest BCUT2D eigenvalue weighted by Crippen LogP contribution is -2.07. The molecule has 0 bridgehead atoms. The third-order valence-electron chi connectivity index (χ3n) is 1.46. The molecule has 0 unspecified atom stereocenters. The van der Waals surface area contributed by atoms with E-state index in [1.165, 1.54) is 4.88 Å². The van der Waals surface area contributed by atoms with Crippen molar-refractivity contribution in [2.24, 2.45) is 0 Å². The number of hydrogen-bond donors (Lipinski definition) is 0. The van der Waals surface area contributed by atoms with E-state index in [0.717, 1.165) is 4.88 Å². The van der Waals surface area contributed by atoms with E-state index in [-0.39, 0.29) is 23.3 Å². The van der Waals surface area contributed by atoms with Crippen LogP contribution in [0.5, 0.6) is 0 Å². The van der Waals surface area contributed by atoms with Gasteiger partial charge in [-0.25, -0.2) is 0 Å². The SMILES string of the molecule is CC(C)(C)c1ccc(C#N)s1.Cl.O. The standard InChI is InChI=1S/C9H11NS.ClH.H2O/c1-9(2,3)8-5-4-7(6-10)11-8;;/h4-5H,1-3H3;1H;1H2. The zero-order valence-corrected chi connectivity index (χ0v) is 9.55. The van der Waals surface area contributed by atoms with Crippen molar-refractivity contribution in [3.05, 3.63) is 21.9 Å². The monoisotopic (exact) mass is 219 g/mol. The van der Waals surface area contributed by atoms with Crippen LogP contribution in [0.2, 0.25) is 0 Å². The van der Waals surface area contributed by atoms with Gasteiger partial charge in [0.1, 0.15) is 10.9 Å². The summed E-state index contributed by atoms with van der Waals surface area (Å²) < 4.78 is 0. The van der Waals surface area contributed by atoms with E-state index in [4.69, 9.17) is 5.26 Å². The molecule has 0 spiro atoms. The second-order valence-electron chi connectivity index (χ2n) is 3.53. The van der Waals surface area contributed by atoms with E-state index < -0.39 is 0 Å². The van der Waals surface area contributed by atoms with Gasteiger partial charge in [0.25, 0.3) is 0 Å². The summed E-state index contributed by atoms with van der Waals surface area (Å²) in [5.41, 5.74) is 0.180. The Balaban J connectivity index is 0. The molecule has 0 amide bonds. The molecule has 0 radical (unpaired) electrons. The highest BCUT2D eigenvalue weighted by molar-refractivity contribution is 7.12. The molecule has 0 saturated heterocycles. The maximum atomic E-state index is 8.58. The van der Waals surface area contributed by atoms with Gasteiger partial charge in [-0.05, 0) is 17.5 Å². The topological polar surface area (TPSA) is 55.3 Å². The Morgan fingerprint density at radius 1 is 1.31 bits per heavy atom. The quantitative estimate of drug-likeness (QED) is 0.662. The molecule has 0 atom stereocenters. The van der Waals surface area contributed by atoms with Crippen LogP contribution in [0.15, 0.2) is 12.1 Å². The van der Waals surface area contributed by atoms with Crippen LogP contribution in [0, 0.1) is 11.3 Å². The zero-order chi connectivity index (χ0) is 8.48. The molecular formula is C9H14ClNOS. The first kappa shape index (κ1) is 14.9. The predicted molar refractivity (Wildman–Crippen MR) is 58.6 cm³/mol. The Hall–Kier alpha value is -0.560. The second kappa shape index (κ2) is 5.23. The predicted octanol–water partition coefficient (Wildman–Crippen LogP) is 2.51. The second-order valence-corrected chi connectivity index (χ2v) is 4.61. The van der Waals surface area contributed by atoms with Crippen LogP contribution in [0.3, 0.4) is 0 Å². The highest BCUT2D eigenvalue weighted by Gasteiger charge is 2.15. The third-order valence-corrected chi connectivity index (χ3v) is 2.87. The minimum Gasteiger partial charge on any atom is -0.412 e. The van der Waals surface area contributed by atoms with Gasteiger partial charge in [-0.15, -0.1) is 23.7 Å². The highest BCUT2D eigenvalue weighted by Crippen LogP contribution is 2.28. The minimum atomic E-state index is 0. The molecule has 74 valence electrons. The van der Waals surface area contributed by atoms with Crippen LogP contribution in [0.1, 0.15) is 30.5 Å². The van der Waals surface area contributed by atoms with Gasteiger partial charge >= 0.3 is 0 Å². The average Bonchev–Trinajstić information content (AvgIpc) is 2.32. The molecule has 1 rings (SSSR count). The van der Waals surface area contributed by atoms with Crippen molar-refractivity contribution in [1.29, 1.82) is 5.26 Å². The molecule has 2 nitrogen and oxygen atoms in total. The van der Waals surface area contributed by atoms with Gasteiger partial charge in [0.15, 0.2) is 0 Å². The van der Waals surface area contributed by atoms with Gasteiger partial charge in [-0.1, -0.05) is 20.8 Å². The maximum absolute atomic E-state index is 8.58. The molecule has 1 aromatic heterocycles. The maximum Gasteiger partial charge on any atom is 0.110 e. The lowest BCUT2D eigenvalue weighted by Gasteiger charge is -2.14. The molecule has 13 heavy (non-hydrogen) atoms. The van der Waals surface area contributed by atoms with Crippen molar-refractivity contribution in [1.82, 2.24) is 0 Å². The molecule has 0 aliphatic carbocycles. The van der Waals surface area contributed by atoms with Crippen molar-refractivity contribution >= 4 is 23.7 Å². The Bertz CT molecular complexity index is 295. The van der Waals surface area contributed by atoms with Gasteiger partial charge in [-0.2, -0.15) is 5.26 Å². The summed E-state index contributed by atoms with van der Waals surface area (Å²) in [6.07, 6.45) is 0. The Morgan fingerprint density at radius 3 is 2.08 bits per heavy atom. The van der Waals surface area contributed by atoms with Gasteiger partial charge in [0.05, 0.1) is 0 Å². The largest absolute Gasteiger partial charge is 0.412 e. The fourth-order valence-electron chi connectivity index (χ4n) is 0.801. The number of halogens is 1. The van der Waals surface area contributed by atoms with E-state index in [1.807, 2.05) is 12.1 Å². The van der Waals surface area contributed by atoms with Crippen LogP contribution in [0.25, 0.3) is 0 Å². The molecule has 2 N–H and O–H groups in total. The Morgan fingerprint density at radius 2 is 1.85 bits per heavy atom. The van der Waals surface area contributed by atoms with Gasteiger partial charge in [0, 0.05) is 4.88 Å². The van der Waals surface area contributed by atoms with Crippen molar-refractivity contribution in [2.45, 2.75) is 26.2 Å². The molecule has 0 saturated carbocycles. The fourth-order valence-corrected chi connectivity index (χ4v) is 1.66. The first-order chi connectivity index (χ1) is 5.04. The van der Waals surface area contributed by atoms with E-state index in [1.54, 1.807) is 11.3 Å². The summed E-state index contributed by atoms with van der Waals surface area (Å²) >= 11 is 1.58. The summed E-state index contributed by atoms with van der Waals surface area (Å²) in [6.45, 7) is 6.46. The number of hydrogen-bond acceptors (Lipinski definition) is 2. The molecule has 0 aromatic carbocycles. The Kier molecular flexibility index (Phi) is 6.01. The third kappa shape index (κ3) is 3.77. The van der Waals surface area contributed by atoms with Gasteiger partial charge in [-0.3, -0.25) is 0 Å². The van der Waals surface area contributed by atoms with Crippen LogP contribution < -0.4 is 0 Å². The van der Waals surface area contributed by atoms with Crippen molar-refractivity contribution in [3.8, 4) is 6.07 Å². The van der Waals surface area contributed by atoms with Crippen molar-refractivity contribution in [3.63, 3.8) is 0 Å². The van der Waals surface area contributed by atoms with Crippen LogP contribution >= 0.6 is 23.7 Å². The first-order valence-corrected chi connectivity index (χ1v) is 4.36. The Labute approximate surface area is 88.9 Å². The molecular weight excluding hydrogens is 206 g/mol. The number of rotatable bonds is 0. The normalized spacial score (nSPS) is 9.38. The number of nitrogens with zero attached hydrogens (tertiary/aromatic N) is 1. The smallest absolute Gasteiger partial charge is 0.110 e. The van der Waals surface area contributed by atoms with E-state index >= 15 is 0 Å². The zero-order valence-electron chi connectivity index (χ0n) is 7.92. The van der Waals surface area contributed by atoms with E-state index in [2.05, 4.69) is 26.8 Å². The lowest BCUT2D eigenvalue weighted by atomic mass is 9.95. The molecule has 4 heteroatoms. The summed E-state index contributed by atoms with van der Waals surface area (Å²) in [5, 5.41) is 8.58. The molecule has 1 heterocycles. The number of nitriles is 1. The summed E-state index contributed by atoms with van der Waals surface area (Å²) in [7, 11) is 0. The van der Waals surface area contributed by atoms with E-state index in [9.17, 15) is 0 Å². The minimum absolute atomic E-state index is 0. The van der Waals surface area contributed by atoms with Crippen LogP contribution in [0.4, 0.5) is 0 Å². The first-order valence-electron chi connectivity index (χ1n) is 3.54. The molecule has 1 aromatic rings. The molecule has 0 fully saturated rings. The van der Waals surface area contributed by atoms with E-state index in [0.29, 0.717) is 0 Å². The molecule has 0 aliphatic rings. The highest BCUT2D eigenvalue weighted by atomic mass is 35.5. The fraction of sp³-hybridized carbons (Fsp3) is 0.444. The summed E-state index contributed by atoms with van der Waals surface area (Å²) in [4.78, 5) is 2.07. The lowest BCUT2D eigenvalue weighted by molar-refractivity contribution is 0.604.